The second-order valence-corrected chi connectivity index (χ2v) is 4.89. The van der Waals surface area contributed by atoms with Gasteiger partial charge in [0.05, 0.1) is 0 Å². The average molecular weight is 166 g/mol. The summed E-state index contributed by atoms with van der Waals surface area (Å²) in [4.78, 5) is 0. The number of fused-ring (bicyclic) bond motifs is 2. The molecule has 0 nitrogen and oxygen atoms in total. The topological polar surface area (TPSA) is 0 Å². The Morgan fingerprint density at radius 1 is 0.500 bits per heavy atom. The quantitative estimate of drug-likeness (QED) is 0.507. The van der Waals surface area contributed by atoms with Crippen LogP contribution in [0.2, 0.25) is 0 Å². The molecule has 0 N–H and O–H groups in total. The van der Waals surface area contributed by atoms with E-state index in [1.807, 2.05) is 0 Å². The van der Waals surface area contributed by atoms with Crippen LogP contribution in [0.3, 0.4) is 0 Å². The Bertz CT molecular complexity index is 114. The van der Waals surface area contributed by atoms with Gasteiger partial charge < -0.3 is 0 Å². The van der Waals surface area contributed by atoms with Crippen molar-refractivity contribution >= 4 is 0 Å². The zero-order chi connectivity index (χ0) is 8.23. The summed E-state index contributed by atoms with van der Waals surface area (Å²) in [6.07, 6.45) is 15.4. The van der Waals surface area contributed by atoms with Gasteiger partial charge in [-0.05, 0) is 18.3 Å². The highest BCUT2D eigenvalue weighted by Crippen LogP contribution is 2.35. The van der Waals surface area contributed by atoms with Crippen LogP contribution >= 0.6 is 0 Å². The van der Waals surface area contributed by atoms with Gasteiger partial charge >= 0.3 is 0 Å². The maximum Gasteiger partial charge on any atom is -0.0412 e. The molecule has 2 unspecified atom stereocenters. The molecule has 0 radical (unpaired) electrons. The normalized spacial score (nSPS) is 38.0. The van der Waals surface area contributed by atoms with E-state index in [-0.39, 0.29) is 0 Å². The minimum atomic E-state index is 1.12. The molecule has 12 heavy (non-hydrogen) atoms. The third-order valence-electron chi connectivity index (χ3n) is 3.87. The third kappa shape index (κ3) is 2.24. The van der Waals surface area contributed by atoms with Crippen molar-refractivity contribution in [1.82, 2.24) is 0 Å². The summed E-state index contributed by atoms with van der Waals surface area (Å²) in [5.74, 6) is 2.25. The van der Waals surface area contributed by atoms with E-state index in [9.17, 15) is 0 Å². The molecule has 0 heteroatoms. The summed E-state index contributed by atoms with van der Waals surface area (Å²) in [7, 11) is 0. The monoisotopic (exact) mass is 166 g/mol. The van der Waals surface area contributed by atoms with E-state index in [1.165, 1.54) is 32.1 Å². The Morgan fingerprint density at radius 2 is 0.917 bits per heavy atom. The van der Waals surface area contributed by atoms with Gasteiger partial charge in [0, 0.05) is 0 Å². The summed E-state index contributed by atoms with van der Waals surface area (Å²) < 4.78 is 0. The molecule has 2 bridgehead atoms. The third-order valence-corrected chi connectivity index (χ3v) is 3.87. The molecular weight excluding hydrogens is 144 g/mol. The first-order chi connectivity index (χ1) is 5.95. The maximum absolute atomic E-state index is 1.58. The summed E-state index contributed by atoms with van der Waals surface area (Å²) in [5, 5.41) is 0. The lowest BCUT2D eigenvalue weighted by Gasteiger charge is -2.22. The highest BCUT2D eigenvalue weighted by molar-refractivity contribution is 4.73. The van der Waals surface area contributed by atoms with Crippen molar-refractivity contribution in [3.8, 4) is 0 Å². The molecule has 2 aliphatic carbocycles. The highest BCUT2D eigenvalue weighted by atomic mass is 14.3. The minimum Gasteiger partial charge on any atom is -0.0533 e. The lowest BCUT2D eigenvalue weighted by molar-refractivity contribution is 0.300. The van der Waals surface area contributed by atoms with E-state index in [2.05, 4.69) is 0 Å². The van der Waals surface area contributed by atoms with Crippen LogP contribution in [0.4, 0.5) is 0 Å². The highest BCUT2D eigenvalue weighted by Gasteiger charge is 2.21. The fraction of sp³-hybridized carbons (Fsp3) is 1.00. The first kappa shape index (κ1) is 8.59. The second kappa shape index (κ2) is 4.30. The molecule has 0 saturated heterocycles. The standard InChI is InChI=1S/C12H22/c1-2-6-11-8-4-5-9-12(10-11)7-3-1/h11-12H,1-10H2. The SMILES string of the molecule is C1CCC2CCCCC(CC1)C2. The van der Waals surface area contributed by atoms with Crippen LogP contribution in [-0.4, -0.2) is 0 Å². The van der Waals surface area contributed by atoms with Crippen molar-refractivity contribution in [2.45, 2.75) is 64.2 Å². The molecule has 2 rings (SSSR count). The summed E-state index contributed by atoms with van der Waals surface area (Å²) in [6, 6.07) is 0. The van der Waals surface area contributed by atoms with E-state index in [0.29, 0.717) is 0 Å². The van der Waals surface area contributed by atoms with Crippen LogP contribution in [0.25, 0.3) is 0 Å². The van der Waals surface area contributed by atoms with Gasteiger partial charge in [-0.25, -0.2) is 0 Å². The molecule has 0 aromatic carbocycles. The first-order valence-corrected chi connectivity index (χ1v) is 5.95. The van der Waals surface area contributed by atoms with Crippen LogP contribution in [0.5, 0.6) is 0 Å². The van der Waals surface area contributed by atoms with E-state index in [4.69, 9.17) is 0 Å². The predicted molar refractivity (Wildman–Crippen MR) is 53.2 cm³/mol. The van der Waals surface area contributed by atoms with Crippen LogP contribution in [0.15, 0.2) is 0 Å². The maximum atomic E-state index is 1.58. The van der Waals surface area contributed by atoms with Gasteiger partial charge in [0.2, 0.25) is 0 Å². The van der Waals surface area contributed by atoms with Gasteiger partial charge in [0.1, 0.15) is 0 Å². The zero-order valence-corrected chi connectivity index (χ0v) is 8.23. The van der Waals surface area contributed by atoms with Gasteiger partial charge in [-0.2, -0.15) is 0 Å². The molecule has 0 aromatic heterocycles. The molecule has 70 valence electrons. The molecule has 0 aliphatic heterocycles. The van der Waals surface area contributed by atoms with E-state index >= 15 is 0 Å². The molecule has 2 aliphatic rings. The van der Waals surface area contributed by atoms with Crippen molar-refractivity contribution in [2.75, 3.05) is 0 Å². The summed E-state index contributed by atoms with van der Waals surface area (Å²) >= 11 is 0. The van der Waals surface area contributed by atoms with Gasteiger partial charge in [0.25, 0.3) is 0 Å². The van der Waals surface area contributed by atoms with Crippen molar-refractivity contribution in [1.29, 1.82) is 0 Å². The van der Waals surface area contributed by atoms with E-state index in [0.717, 1.165) is 11.8 Å². The van der Waals surface area contributed by atoms with E-state index in [1.54, 1.807) is 32.1 Å². The summed E-state index contributed by atoms with van der Waals surface area (Å²) in [6.45, 7) is 0. The number of rotatable bonds is 0. The van der Waals surface area contributed by atoms with Crippen LogP contribution in [0, 0.1) is 11.8 Å². The number of hydrogen-bond acceptors (Lipinski definition) is 0. The van der Waals surface area contributed by atoms with Crippen LogP contribution < -0.4 is 0 Å². The van der Waals surface area contributed by atoms with Gasteiger partial charge in [-0.3, -0.25) is 0 Å². The lowest BCUT2D eigenvalue weighted by Crippen LogP contribution is -2.09. The Morgan fingerprint density at radius 3 is 1.42 bits per heavy atom. The Labute approximate surface area is 76.7 Å². The van der Waals surface area contributed by atoms with Crippen molar-refractivity contribution in [2.24, 2.45) is 11.8 Å². The van der Waals surface area contributed by atoms with Gasteiger partial charge in [-0.1, -0.05) is 57.8 Å². The minimum absolute atomic E-state index is 1.12. The lowest BCUT2D eigenvalue weighted by atomic mass is 9.83. The molecule has 0 aromatic rings. The molecular formula is C12H22. The molecule has 0 amide bonds. The molecule has 0 heterocycles. The molecule has 0 spiro atoms. The Kier molecular flexibility index (Phi) is 3.08. The van der Waals surface area contributed by atoms with Gasteiger partial charge in [-0.15, -0.1) is 0 Å². The second-order valence-electron chi connectivity index (χ2n) is 4.89. The van der Waals surface area contributed by atoms with Crippen LogP contribution in [0.1, 0.15) is 64.2 Å². The number of hydrogen-bond donors (Lipinski definition) is 0. The average Bonchev–Trinajstić information content (AvgIpc) is 2.25. The zero-order valence-electron chi connectivity index (χ0n) is 8.23. The smallest absolute Gasteiger partial charge is 0.0412 e. The van der Waals surface area contributed by atoms with E-state index < -0.39 is 0 Å². The molecule has 2 saturated carbocycles. The molecule has 2 atom stereocenters. The largest absolute Gasteiger partial charge is 0.0533 e. The fourth-order valence-electron chi connectivity index (χ4n) is 3.14. The van der Waals surface area contributed by atoms with Crippen LogP contribution in [-0.2, 0) is 0 Å². The predicted octanol–water partition coefficient (Wildman–Crippen LogP) is 4.15. The van der Waals surface area contributed by atoms with Crippen molar-refractivity contribution < 1.29 is 0 Å². The fourth-order valence-corrected chi connectivity index (χ4v) is 3.14. The first-order valence-electron chi connectivity index (χ1n) is 5.95. The van der Waals surface area contributed by atoms with Gasteiger partial charge in [0.15, 0.2) is 0 Å². The molecule has 2 fully saturated rings. The summed E-state index contributed by atoms with van der Waals surface area (Å²) in [5.41, 5.74) is 0. The Balaban J connectivity index is 1.92. The van der Waals surface area contributed by atoms with Crippen molar-refractivity contribution in [3.63, 3.8) is 0 Å². The Hall–Kier alpha value is 0. The van der Waals surface area contributed by atoms with Crippen molar-refractivity contribution in [3.05, 3.63) is 0 Å².